The summed E-state index contributed by atoms with van der Waals surface area (Å²) in [6.45, 7) is 4.22. The molecule has 0 bridgehead atoms. The molecule has 1 fully saturated rings. The fraction of sp³-hybridized carbons (Fsp3) is 0.333. The number of nitrogens with zero attached hydrogens (tertiary/aromatic N) is 3. The molecule has 5 heteroatoms. The minimum Gasteiger partial charge on any atom is -0.372 e. The summed E-state index contributed by atoms with van der Waals surface area (Å²) in [6.07, 6.45) is 2.58. The molecule has 1 aliphatic rings. The summed E-state index contributed by atoms with van der Waals surface area (Å²) >= 11 is 5.86. The molecule has 0 spiro atoms. The third-order valence-electron chi connectivity index (χ3n) is 3.44. The average molecular weight is 289 g/mol. The number of nitrogens with one attached hydrogen (secondary N) is 1. The molecule has 20 heavy (non-hydrogen) atoms. The highest BCUT2D eigenvalue weighted by Gasteiger charge is 2.11. The smallest absolute Gasteiger partial charge is 0.224 e. The number of halogens is 1. The Morgan fingerprint density at radius 1 is 1.10 bits per heavy atom. The van der Waals surface area contributed by atoms with Gasteiger partial charge in [0.25, 0.3) is 0 Å². The van der Waals surface area contributed by atoms with Crippen molar-refractivity contribution in [2.24, 2.45) is 0 Å². The van der Waals surface area contributed by atoms with Crippen molar-refractivity contribution in [2.75, 3.05) is 23.3 Å². The minimum atomic E-state index is 0.265. The van der Waals surface area contributed by atoms with Gasteiger partial charge in [-0.2, -0.15) is 0 Å². The molecule has 0 atom stereocenters. The van der Waals surface area contributed by atoms with E-state index in [-0.39, 0.29) is 5.28 Å². The first kappa shape index (κ1) is 13.2. The van der Waals surface area contributed by atoms with Gasteiger partial charge in [-0.1, -0.05) is 0 Å². The highest BCUT2D eigenvalue weighted by molar-refractivity contribution is 6.28. The highest BCUT2D eigenvalue weighted by atomic mass is 35.5. The topological polar surface area (TPSA) is 41.0 Å². The second-order valence-corrected chi connectivity index (χ2v) is 5.37. The lowest BCUT2D eigenvalue weighted by molar-refractivity contribution is 0.949. The highest BCUT2D eigenvalue weighted by Crippen LogP contribution is 2.23. The molecule has 1 aromatic heterocycles. The van der Waals surface area contributed by atoms with Gasteiger partial charge in [-0.15, -0.1) is 0 Å². The van der Waals surface area contributed by atoms with Gasteiger partial charge in [0.2, 0.25) is 5.28 Å². The summed E-state index contributed by atoms with van der Waals surface area (Å²) in [4.78, 5) is 10.6. The fourth-order valence-electron chi connectivity index (χ4n) is 2.48. The maximum absolute atomic E-state index is 5.86. The summed E-state index contributed by atoms with van der Waals surface area (Å²) < 4.78 is 0. The second-order valence-electron chi connectivity index (χ2n) is 5.03. The monoisotopic (exact) mass is 288 g/mol. The van der Waals surface area contributed by atoms with Crippen LogP contribution in [-0.4, -0.2) is 23.1 Å². The third-order valence-corrected chi connectivity index (χ3v) is 3.61. The van der Waals surface area contributed by atoms with Gasteiger partial charge in [0, 0.05) is 36.2 Å². The Morgan fingerprint density at radius 3 is 2.45 bits per heavy atom. The van der Waals surface area contributed by atoms with Crippen molar-refractivity contribution in [3.8, 4) is 0 Å². The first-order valence-corrected chi connectivity index (χ1v) is 7.22. The SMILES string of the molecule is Cc1cc(Nc2ccc(N3CCCC3)cc2)nc(Cl)n1. The van der Waals surface area contributed by atoms with Crippen molar-refractivity contribution >= 4 is 28.8 Å². The van der Waals surface area contributed by atoms with Crippen LogP contribution in [0.3, 0.4) is 0 Å². The molecule has 4 nitrogen and oxygen atoms in total. The molecule has 0 amide bonds. The maximum Gasteiger partial charge on any atom is 0.224 e. The maximum atomic E-state index is 5.86. The van der Waals surface area contributed by atoms with Crippen molar-refractivity contribution in [3.05, 3.63) is 41.3 Å². The number of aryl methyl sites for hydroxylation is 1. The number of hydrogen-bond acceptors (Lipinski definition) is 4. The van der Waals surface area contributed by atoms with Gasteiger partial charge < -0.3 is 10.2 Å². The summed E-state index contributed by atoms with van der Waals surface area (Å²) in [6, 6.07) is 10.3. The van der Waals surface area contributed by atoms with Crippen molar-refractivity contribution in [3.63, 3.8) is 0 Å². The van der Waals surface area contributed by atoms with Crippen LogP contribution in [0, 0.1) is 6.92 Å². The van der Waals surface area contributed by atoms with Crippen LogP contribution >= 0.6 is 11.6 Å². The standard InChI is InChI=1S/C15H17ClN4/c1-11-10-14(19-15(16)17-11)18-12-4-6-13(7-5-12)20-8-2-3-9-20/h4-7,10H,2-3,8-9H2,1H3,(H,17,18,19). The van der Waals surface area contributed by atoms with Crippen LogP contribution in [0.5, 0.6) is 0 Å². The van der Waals surface area contributed by atoms with E-state index in [9.17, 15) is 0 Å². The first-order valence-electron chi connectivity index (χ1n) is 6.84. The minimum absolute atomic E-state index is 0.265. The number of aromatic nitrogens is 2. The lowest BCUT2D eigenvalue weighted by Gasteiger charge is -2.17. The van der Waals surface area contributed by atoms with Crippen LogP contribution in [0.4, 0.5) is 17.2 Å². The van der Waals surface area contributed by atoms with Gasteiger partial charge >= 0.3 is 0 Å². The first-order chi connectivity index (χ1) is 9.70. The normalized spacial score (nSPS) is 14.6. The average Bonchev–Trinajstić information content (AvgIpc) is 2.92. The Labute approximate surface area is 123 Å². The molecule has 2 heterocycles. The zero-order chi connectivity index (χ0) is 13.9. The summed E-state index contributed by atoms with van der Waals surface area (Å²) in [7, 11) is 0. The van der Waals surface area contributed by atoms with E-state index in [0.717, 1.165) is 30.3 Å². The lowest BCUT2D eigenvalue weighted by atomic mass is 10.2. The molecule has 3 rings (SSSR count). The van der Waals surface area contributed by atoms with Crippen molar-refractivity contribution in [1.82, 2.24) is 9.97 Å². The Balaban J connectivity index is 1.74. The van der Waals surface area contributed by atoms with E-state index in [2.05, 4.69) is 44.5 Å². The van der Waals surface area contributed by atoms with E-state index < -0.39 is 0 Å². The van der Waals surface area contributed by atoms with Crippen LogP contribution in [0.15, 0.2) is 30.3 Å². The molecular weight excluding hydrogens is 272 g/mol. The van der Waals surface area contributed by atoms with E-state index in [4.69, 9.17) is 11.6 Å². The largest absolute Gasteiger partial charge is 0.372 e. The molecule has 1 N–H and O–H groups in total. The molecule has 1 aliphatic heterocycles. The van der Waals surface area contributed by atoms with Crippen molar-refractivity contribution in [2.45, 2.75) is 19.8 Å². The van der Waals surface area contributed by atoms with Gasteiger partial charge in [-0.25, -0.2) is 9.97 Å². The summed E-state index contributed by atoms with van der Waals surface area (Å²) in [5.74, 6) is 0.719. The van der Waals surface area contributed by atoms with Crippen LogP contribution in [0.2, 0.25) is 5.28 Å². The molecule has 0 saturated carbocycles. The van der Waals surface area contributed by atoms with Crippen LogP contribution in [0.1, 0.15) is 18.5 Å². The molecule has 1 saturated heterocycles. The summed E-state index contributed by atoms with van der Waals surface area (Å²) in [5, 5.41) is 3.51. The number of hydrogen-bond donors (Lipinski definition) is 1. The molecule has 0 radical (unpaired) electrons. The van der Waals surface area contributed by atoms with Crippen LogP contribution in [-0.2, 0) is 0 Å². The van der Waals surface area contributed by atoms with Gasteiger partial charge in [0.1, 0.15) is 5.82 Å². The third kappa shape index (κ3) is 3.02. The molecule has 1 aromatic carbocycles. The molecular formula is C15H17ClN4. The van der Waals surface area contributed by atoms with Crippen molar-refractivity contribution < 1.29 is 0 Å². The van der Waals surface area contributed by atoms with Crippen LogP contribution < -0.4 is 10.2 Å². The predicted octanol–water partition coefficient (Wildman–Crippen LogP) is 3.78. The zero-order valence-corrected chi connectivity index (χ0v) is 12.2. The van der Waals surface area contributed by atoms with Crippen LogP contribution in [0.25, 0.3) is 0 Å². The number of rotatable bonds is 3. The molecule has 0 unspecified atom stereocenters. The van der Waals surface area contributed by atoms with Crippen molar-refractivity contribution in [1.29, 1.82) is 0 Å². The quantitative estimate of drug-likeness (QED) is 0.873. The second kappa shape index (κ2) is 5.67. The number of benzene rings is 1. The Morgan fingerprint density at radius 2 is 1.80 bits per heavy atom. The van der Waals surface area contributed by atoms with Gasteiger partial charge in [-0.3, -0.25) is 0 Å². The van der Waals surface area contributed by atoms with E-state index in [1.165, 1.54) is 18.5 Å². The number of anilines is 3. The van der Waals surface area contributed by atoms with E-state index >= 15 is 0 Å². The lowest BCUT2D eigenvalue weighted by Crippen LogP contribution is -2.17. The van der Waals surface area contributed by atoms with E-state index in [0.29, 0.717) is 0 Å². The molecule has 104 valence electrons. The van der Waals surface area contributed by atoms with Gasteiger partial charge in [0.05, 0.1) is 0 Å². The van der Waals surface area contributed by atoms with Gasteiger partial charge in [-0.05, 0) is 55.6 Å². The zero-order valence-electron chi connectivity index (χ0n) is 11.4. The molecule has 0 aliphatic carbocycles. The van der Waals surface area contributed by atoms with Gasteiger partial charge in [0.15, 0.2) is 0 Å². The Bertz CT molecular complexity index is 571. The predicted molar refractivity (Wildman–Crippen MR) is 83.0 cm³/mol. The fourth-order valence-corrected chi connectivity index (χ4v) is 2.70. The Hall–Kier alpha value is -1.81. The Kier molecular flexibility index (Phi) is 3.74. The van der Waals surface area contributed by atoms with E-state index in [1.54, 1.807) is 0 Å². The van der Waals surface area contributed by atoms with E-state index in [1.807, 2.05) is 13.0 Å². The summed E-state index contributed by atoms with van der Waals surface area (Å²) in [5.41, 5.74) is 3.13. The molecule has 2 aromatic rings.